The van der Waals surface area contributed by atoms with Crippen molar-refractivity contribution in [3.8, 4) is 22.9 Å². The average Bonchev–Trinajstić information content (AvgIpc) is 3.50. The molecule has 1 aliphatic rings. The molecule has 0 spiro atoms. The highest BCUT2D eigenvalue weighted by atomic mass is 19.4. The van der Waals surface area contributed by atoms with E-state index >= 15 is 0 Å². The first-order valence-electron chi connectivity index (χ1n) is 15.5. The van der Waals surface area contributed by atoms with Crippen LogP contribution in [0.5, 0.6) is 11.6 Å². The monoisotopic (exact) mass is 673 g/mol. The number of benzene rings is 1. The van der Waals surface area contributed by atoms with Crippen molar-refractivity contribution in [3.63, 3.8) is 0 Å². The van der Waals surface area contributed by atoms with Gasteiger partial charge in [-0.1, -0.05) is 12.1 Å². The lowest BCUT2D eigenvalue weighted by Gasteiger charge is -2.32. The minimum absolute atomic E-state index is 0.0264. The fourth-order valence-electron chi connectivity index (χ4n) is 5.13. The first kappa shape index (κ1) is 35.7. The second kappa shape index (κ2) is 16.6. The number of aryl methyl sites for hydroxylation is 1. The summed E-state index contributed by atoms with van der Waals surface area (Å²) in [6.45, 7) is 1.81. The molecule has 0 aliphatic carbocycles. The number of nitrogens with one attached hydrogen (secondary N) is 1. The van der Waals surface area contributed by atoms with Crippen LogP contribution in [-0.4, -0.2) is 75.2 Å². The van der Waals surface area contributed by atoms with Crippen molar-refractivity contribution in [1.29, 1.82) is 0 Å². The topological polar surface area (TPSA) is 185 Å². The van der Waals surface area contributed by atoms with Gasteiger partial charge in [-0.15, -0.1) is 13.2 Å². The van der Waals surface area contributed by atoms with E-state index in [0.29, 0.717) is 87.9 Å². The summed E-state index contributed by atoms with van der Waals surface area (Å²) in [7, 11) is 0. The molecule has 2 aromatic heterocycles. The first-order valence-corrected chi connectivity index (χ1v) is 15.5. The summed E-state index contributed by atoms with van der Waals surface area (Å²) < 4.78 is 48.9. The number of rotatable bonds is 16. The third kappa shape index (κ3) is 11.3. The Labute approximate surface area is 274 Å². The first-order chi connectivity index (χ1) is 22.9. The van der Waals surface area contributed by atoms with Crippen LogP contribution in [0.25, 0.3) is 11.3 Å². The van der Waals surface area contributed by atoms with E-state index in [1.165, 1.54) is 30.5 Å². The van der Waals surface area contributed by atoms with E-state index in [-0.39, 0.29) is 47.4 Å². The molecule has 0 atom stereocenters. The summed E-state index contributed by atoms with van der Waals surface area (Å²) in [5.74, 6) is -1.61. The maximum absolute atomic E-state index is 12.8. The van der Waals surface area contributed by atoms with Crippen LogP contribution in [0.3, 0.4) is 0 Å². The van der Waals surface area contributed by atoms with Crippen molar-refractivity contribution in [2.45, 2.75) is 70.4 Å². The number of likely N-dealkylation sites (tertiary alicyclic amines) is 1. The molecule has 1 aromatic carbocycles. The Kier molecular flexibility index (Phi) is 12.4. The molecule has 16 heteroatoms. The Morgan fingerprint density at radius 1 is 0.979 bits per heavy atom. The second-order valence-electron chi connectivity index (χ2n) is 11.4. The van der Waals surface area contributed by atoms with Gasteiger partial charge in [0.15, 0.2) is 0 Å². The van der Waals surface area contributed by atoms with Gasteiger partial charge in [0.1, 0.15) is 17.4 Å². The normalized spacial score (nSPS) is 13.6. The number of unbranched alkanes of at least 4 members (excludes halogenated alkanes) is 1. The van der Waals surface area contributed by atoms with Gasteiger partial charge >= 0.3 is 6.36 Å². The number of piperidine rings is 1. The maximum Gasteiger partial charge on any atom is 0.573 e. The van der Waals surface area contributed by atoms with Crippen molar-refractivity contribution in [2.24, 2.45) is 11.5 Å². The van der Waals surface area contributed by atoms with Gasteiger partial charge in [0.2, 0.25) is 23.6 Å². The highest BCUT2D eigenvalue weighted by molar-refractivity contribution is 5.96. The highest BCUT2D eigenvalue weighted by Gasteiger charge is 2.31. The van der Waals surface area contributed by atoms with Crippen LogP contribution in [0, 0.1) is 0 Å². The van der Waals surface area contributed by atoms with Crippen LogP contribution >= 0.6 is 0 Å². The molecule has 3 aromatic rings. The summed E-state index contributed by atoms with van der Waals surface area (Å²) in [5, 5.41) is 2.82. The molecule has 48 heavy (non-hydrogen) atoms. The van der Waals surface area contributed by atoms with Gasteiger partial charge < -0.3 is 35.7 Å². The molecule has 258 valence electrons. The number of aromatic nitrogens is 3. The number of hydrogen-bond acceptors (Lipinski definition) is 8. The van der Waals surface area contributed by atoms with E-state index in [1.807, 2.05) is 4.57 Å². The Bertz CT molecular complexity index is 1570. The molecule has 0 radical (unpaired) electrons. The number of ether oxygens (including phenoxy) is 2. The summed E-state index contributed by atoms with van der Waals surface area (Å²) in [4.78, 5) is 58.3. The number of hydrogen-bond donors (Lipinski definition) is 3. The van der Waals surface area contributed by atoms with Gasteiger partial charge in [0.05, 0.1) is 18.4 Å². The lowest BCUT2D eigenvalue weighted by molar-refractivity contribution is -0.274. The van der Waals surface area contributed by atoms with E-state index in [1.54, 1.807) is 23.5 Å². The summed E-state index contributed by atoms with van der Waals surface area (Å²) in [6.07, 6.45) is 3.32. The van der Waals surface area contributed by atoms with Gasteiger partial charge in [0, 0.05) is 69.8 Å². The molecule has 1 aliphatic heterocycles. The molecule has 1 fully saturated rings. The number of primary amides is 2. The molecular weight excluding hydrogens is 635 g/mol. The van der Waals surface area contributed by atoms with Crippen molar-refractivity contribution in [2.75, 3.05) is 19.6 Å². The van der Waals surface area contributed by atoms with Gasteiger partial charge in [-0.2, -0.15) is 0 Å². The van der Waals surface area contributed by atoms with E-state index in [9.17, 15) is 32.3 Å². The molecule has 4 rings (SSSR count). The summed E-state index contributed by atoms with van der Waals surface area (Å²) in [5.41, 5.74) is 12.5. The second-order valence-corrected chi connectivity index (χ2v) is 11.4. The predicted octanol–water partition coefficient (Wildman–Crippen LogP) is 3.11. The number of carbonyl (C=O) groups excluding carboxylic acids is 4. The molecule has 0 bridgehead atoms. The fourth-order valence-corrected chi connectivity index (χ4v) is 5.13. The Morgan fingerprint density at radius 3 is 2.38 bits per heavy atom. The molecule has 3 heterocycles. The molecule has 0 saturated carbocycles. The van der Waals surface area contributed by atoms with Gasteiger partial charge in [0.25, 0.3) is 5.91 Å². The molecule has 5 N–H and O–H groups in total. The quantitative estimate of drug-likeness (QED) is 0.194. The summed E-state index contributed by atoms with van der Waals surface area (Å²) >= 11 is 0. The van der Waals surface area contributed by atoms with Crippen molar-refractivity contribution >= 4 is 23.6 Å². The van der Waals surface area contributed by atoms with Crippen LogP contribution in [0.4, 0.5) is 13.2 Å². The number of imidazole rings is 1. The number of pyridine rings is 1. The molecule has 1 saturated heterocycles. The SMILES string of the molecule is NC(=O)CCCCNC(=O)CCCn1cnc(-c2cnc(OC3CCN(C(=O)Cc4ccc(OC(F)(F)F)cc4)CC3)c(C(N)=O)c2)c1. The van der Waals surface area contributed by atoms with E-state index < -0.39 is 12.3 Å². The van der Waals surface area contributed by atoms with E-state index in [2.05, 4.69) is 20.0 Å². The average molecular weight is 674 g/mol. The Hall–Kier alpha value is -5.15. The fraction of sp³-hybridized carbons (Fsp3) is 0.438. The number of nitrogens with two attached hydrogens (primary N) is 2. The van der Waals surface area contributed by atoms with Crippen LogP contribution in [-0.2, 0) is 27.3 Å². The standard InChI is InChI=1S/C32H38F3N7O6/c33-32(34,35)48-24-8-6-21(7-9-24)16-29(45)42-14-10-23(11-15-42)47-31-25(30(37)46)17-22(18-39-31)26-19-41(20-40-26)13-3-5-28(44)38-12-2-1-4-27(36)43/h6-9,17-20,23H,1-5,10-16H2,(H2,36,43)(H2,37,46)(H,38,44). The van der Waals surface area contributed by atoms with Gasteiger partial charge in [-0.05, 0) is 43.0 Å². The Morgan fingerprint density at radius 2 is 1.71 bits per heavy atom. The largest absolute Gasteiger partial charge is 0.573 e. The zero-order valence-corrected chi connectivity index (χ0v) is 26.2. The van der Waals surface area contributed by atoms with E-state index in [4.69, 9.17) is 16.2 Å². The third-order valence-electron chi connectivity index (χ3n) is 7.62. The predicted molar refractivity (Wildman–Crippen MR) is 166 cm³/mol. The number of amides is 4. The van der Waals surface area contributed by atoms with Crippen molar-refractivity contribution in [3.05, 3.63) is 60.2 Å². The minimum atomic E-state index is -4.79. The van der Waals surface area contributed by atoms with Crippen LogP contribution in [0.1, 0.15) is 60.9 Å². The molecule has 13 nitrogen and oxygen atoms in total. The summed E-state index contributed by atoms with van der Waals surface area (Å²) in [6, 6.07) is 6.73. The number of alkyl halides is 3. The zero-order chi connectivity index (χ0) is 34.7. The molecule has 0 unspecified atom stereocenters. The van der Waals surface area contributed by atoms with Crippen LogP contribution < -0.4 is 26.3 Å². The van der Waals surface area contributed by atoms with Crippen LogP contribution in [0.2, 0.25) is 0 Å². The minimum Gasteiger partial charge on any atom is -0.474 e. The van der Waals surface area contributed by atoms with Gasteiger partial charge in [-0.3, -0.25) is 19.2 Å². The van der Waals surface area contributed by atoms with Crippen molar-refractivity contribution in [1.82, 2.24) is 24.8 Å². The third-order valence-corrected chi connectivity index (χ3v) is 7.62. The smallest absolute Gasteiger partial charge is 0.474 e. The van der Waals surface area contributed by atoms with Gasteiger partial charge in [-0.25, -0.2) is 9.97 Å². The lowest BCUT2D eigenvalue weighted by Crippen LogP contribution is -2.42. The molecular formula is C32H38F3N7O6. The maximum atomic E-state index is 12.8. The number of nitrogens with zero attached hydrogens (tertiary/aromatic N) is 4. The van der Waals surface area contributed by atoms with Crippen molar-refractivity contribution < 1.29 is 41.8 Å². The number of carbonyl (C=O) groups is 4. The Balaban J connectivity index is 1.24. The van der Waals surface area contributed by atoms with Crippen LogP contribution in [0.15, 0.2) is 49.1 Å². The highest BCUT2D eigenvalue weighted by Crippen LogP contribution is 2.27. The molecule has 4 amide bonds. The number of halogens is 3. The zero-order valence-electron chi connectivity index (χ0n) is 26.2. The lowest BCUT2D eigenvalue weighted by atomic mass is 10.1. The van der Waals surface area contributed by atoms with E-state index in [0.717, 1.165) is 0 Å².